The summed E-state index contributed by atoms with van der Waals surface area (Å²) in [6.45, 7) is 10.0. The Morgan fingerprint density at radius 1 is 1.30 bits per heavy atom. The van der Waals surface area contributed by atoms with Crippen molar-refractivity contribution in [3.05, 3.63) is 33.2 Å². The lowest BCUT2D eigenvalue weighted by molar-refractivity contribution is 0.160. The molecule has 2 aromatic heterocycles. The van der Waals surface area contributed by atoms with E-state index in [9.17, 15) is 0 Å². The third-order valence-electron chi connectivity index (χ3n) is 4.01. The quantitative estimate of drug-likeness (QED) is 0.842. The smallest absolute Gasteiger partial charge is 0.220 e. The summed E-state index contributed by atoms with van der Waals surface area (Å²) in [4.78, 5) is 15.8. The lowest BCUT2D eigenvalue weighted by Crippen LogP contribution is -2.31. The fourth-order valence-corrected chi connectivity index (χ4v) is 3.74. The van der Waals surface area contributed by atoms with Crippen molar-refractivity contribution < 1.29 is 4.74 Å². The Labute approximate surface area is 141 Å². The van der Waals surface area contributed by atoms with E-state index in [0.717, 1.165) is 48.2 Å². The Morgan fingerprint density at radius 3 is 2.78 bits per heavy atom. The van der Waals surface area contributed by atoms with Crippen molar-refractivity contribution in [2.45, 2.75) is 52.7 Å². The Bertz CT molecular complexity index is 698. The Balaban J connectivity index is 1.59. The maximum absolute atomic E-state index is 6.01. The van der Waals surface area contributed by atoms with Crippen LogP contribution in [0.5, 0.6) is 5.88 Å². The van der Waals surface area contributed by atoms with Gasteiger partial charge in [-0.15, -0.1) is 11.3 Å². The van der Waals surface area contributed by atoms with Gasteiger partial charge in [0.2, 0.25) is 5.88 Å². The van der Waals surface area contributed by atoms with E-state index in [-0.39, 0.29) is 6.10 Å². The topological polar surface area (TPSA) is 51.1 Å². The number of fused-ring (bicyclic) bond motifs is 1. The maximum atomic E-state index is 6.01. The molecular weight excluding hydrogens is 308 g/mol. The third kappa shape index (κ3) is 3.70. The van der Waals surface area contributed by atoms with Crippen molar-refractivity contribution in [3.8, 4) is 5.88 Å². The van der Waals surface area contributed by atoms with E-state index in [2.05, 4.69) is 41.1 Å². The standard InChI is InChI=1S/C17H24N4OS/c1-10(2)17-20-13(9-23-17)7-21(5)8-14-6-15-11(3)18-12(4)19-16(15)22-14/h9-10,14H,6-8H2,1-5H3/t14-/m0/s1. The van der Waals surface area contributed by atoms with Gasteiger partial charge in [0.05, 0.1) is 10.7 Å². The Hall–Kier alpha value is -1.53. The molecule has 0 fully saturated rings. The number of hydrogen-bond acceptors (Lipinski definition) is 6. The molecule has 0 saturated heterocycles. The van der Waals surface area contributed by atoms with Gasteiger partial charge in [-0.05, 0) is 20.9 Å². The third-order valence-corrected chi connectivity index (χ3v) is 5.20. The molecule has 0 aromatic carbocycles. The SMILES string of the molecule is Cc1nc(C)c2c(n1)O[C@H](CN(C)Cc1csc(C(C)C)n1)C2. The van der Waals surface area contributed by atoms with Gasteiger partial charge in [-0.25, -0.2) is 9.97 Å². The van der Waals surface area contributed by atoms with Gasteiger partial charge in [-0.3, -0.25) is 4.90 Å². The summed E-state index contributed by atoms with van der Waals surface area (Å²) >= 11 is 1.75. The van der Waals surface area contributed by atoms with Gasteiger partial charge in [0, 0.05) is 42.1 Å². The summed E-state index contributed by atoms with van der Waals surface area (Å²) in [5, 5.41) is 3.37. The minimum absolute atomic E-state index is 0.146. The molecule has 3 heterocycles. The highest BCUT2D eigenvalue weighted by Crippen LogP contribution is 2.29. The van der Waals surface area contributed by atoms with Gasteiger partial charge >= 0.3 is 0 Å². The van der Waals surface area contributed by atoms with Crippen molar-refractivity contribution in [1.82, 2.24) is 19.9 Å². The summed E-state index contributed by atoms with van der Waals surface area (Å²) < 4.78 is 6.01. The predicted octanol–water partition coefficient (Wildman–Crippen LogP) is 3.11. The molecule has 1 aliphatic heterocycles. The second-order valence-corrected chi connectivity index (χ2v) is 7.50. The van der Waals surface area contributed by atoms with Crippen molar-refractivity contribution in [2.75, 3.05) is 13.6 Å². The molecule has 1 aliphatic rings. The molecule has 3 rings (SSSR count). The van der Waals surface area contributed by atoms with Gasteiger partial charge in [0.1, 0.15) is 11.9 Å². The van der Waals surface area contributed by atoms with Crippen LogP contribution in [0.25, 0.3) is 0 Å². The summed E-state index contributed by atoms with van der Waals surface area (Å²) in [6.07, 6.45) is 1.04. The van der Waals surface area contributed by atoms with Crippen LogP contribution < -0.4 is 4.74 Å². The number of rotatable bonds is 5. The van der Waals surface area contributed by atoms with Crippen LogP contribution in [0.1, 0.15) is 47.5 Å². The molecule has 0 radical (unpaired) electrons. The molecule has 0 saturated carbocycles. The first-order chi connectivity index (χ1) is 10.9. The van der Waals surface area contributed by atoms with Crippen LogP contribution in [-0.4, -0.2) is 39.5 Å². The first-order valence-corrected chi connectivity index (χ1v) is 8.94. The number of aromatic nitrogens is 3. The van der Waals surface area contributed by atoms with E-state index >= 15 is 0 Å². The van der Waals surface area contributed by atoms with Gasteiger partial charge in [-0.1, -0.05) is 13.8 Å². The second-order valence-electron chi connectivity index (χ2n) is 6.61. The summed E-state index contributed by atoms with van der Waals surface area (Å²) in [6, 6.07) is 0. The molecule has 1 atom stereocenters. The Morgan fingerprint density at radius 2 is 2.09 bits per heavy atom. The number of nitrogens with zero attached hydrogens (tertiary/aromatic N) is 4. The first-order valence-electron chi connectivity index (χ1n) is 8.06. The second kappa shape index (κ2) is 6.53. The van der Waals surface area contributed by atoms with Crippen molar-refractivity contribution in [2.24, 2.45) is 0 Å². The monoisotopic (exact) mass is 332 g/mol. The van der Waals surface area contributed by atoms with Crippen LogP contribution in [-0.2, 0) is 13.0 Å². The molecule has 0 spiro atoms. The molecule has 0 aliphatic carbocycles. The zero-order chi connectivity index (χ0) is 16.6. The van der Waals surface area contributed by atoms with E-state index in [1.54, 1.807) is 11.3 Å². The average Bonchev–Trinajstić information content (AvgIpc) is 3.05. The lowest BCUT2D eigenvalue weighted by Gasteiger charge is -2.19. The molecule has 5 nitrogen and oxygen atoms in total. The molecule has 124 valence electrons. The van der Waals surface area contributed by atoms with Gasteiger partial charge in [0.25, 0.3) is 0 Å². The highest BCUT2D eigenvalue weighted by molar-refractivity contribution is 7.09. The first kappa shape index (κ1) is 16.3. The average molecular weight is 332 g/mol. The van der Waals surface area contributed by atoms with Crippen LogP contribution in [0.3, 0.4) is 0 Å². The van der Waals surface area contributed by atoms with E-state index in [0.29, 0.717) is 5.92 Å². The molecular formula is C17H24N4OS. The minimum atomic E-state index is 0.146. The zero-order valence-electron chi connectivity index (χ0n) is 14.5. The maximum Gasteiger partial charge on any atom is 0.220 e. The number of hydrogen-bond donors (Lipinski definition) is 0. The van der Waals surface area contributed by atoms with Crippen LogP contribution in [0.15, 0.2) is 5.38 Å². The van der Waals surface area contributed by atoms with Crippen molar-refractivity contribution >= 4 is 11.3 Å². The largest absolute Gasteiger partial charge is 0.472 e. The normalized spacial score (nSPS) is 16.9. The van der Waals surface area contributed by atoms with E-state index < -0.39 is 0 Å². The van der Waals surface area contributed by atoms with Crippen LogP contribution >= 0.6 is 11.3 Å². The summed E-state index contributed by atoms with van der Waals surface area (Å²) in [5.41, 5.74) is 3.34. The molecule has 2 aromatic rings. The summed E-state index contributed by atoms with van der Waals surface area (Å²) in [5.74, 6) is 2.04. The van der Waals surface area contributed by atoms with Gasteiger partial charge in [0.15, 0.2) is 0 Å². The highest BCUT2D eigenvalue weighted by Gasteiger charge is 2.27. The molecule has 0 bridgehead atoms. The lowest BCUT2D eigenvalue weighted by atomic mass is 10.1. The fraction of sp³-hybridized carbons (Fsp3) is 0.588. The van der Waals surface area contributed by atoms with Gasteiger partial charge in [-0.2, -0.15) is 4.98 Å². The van der Waals surface area contributed by atoms with E-state index in [1.165, 1.54) is 5.01 Å². The van der Waals surface area contributed by atoms with Crippen LogP contribution in [0.4, 0.5) is 0 Å². The molecule has 6 heteroatoms. The molecule has 23 heavy (non-hydrogen) atoms. The highest BCUT2D eigenvalue weighted by atomic mass is 32.1. The Kier molecular flexibility index (Phi) is 4.64. The number of aryl methyl sites for hydroxylation is 2. The minimum Gasteiger partial charge on any atom is -0.472 e. The molecule has 0 N–H and O–H groups in total. The fourth-order valence-electron chi connectivity index (χ4n) is 2.92. The number of thiazole rings is 1. The van der Waals surface area contributed by atoms with Crippen LogP contribution in [0, 0.1) is 13.8 Å². The number of likely N-dealkylation sites (N-methyl/N-ethyl adjacent to an activating group) is 1. The zero-order valence-corrected chi connectivity index (χ0v) is 15.3. The number of ether oxygens (including phenoxy) is 1. The van der Waals surface area contributed by atoms with E-state index in [1.807, 2.05) is 13.8 Å². The van der Waals surface area contributed by atoms with Crippen LogP contribution in [0.2, 0.25) is 0 Å². The van der Waals surface area contributed by atoms with Crippen molar-refractivity contribution in [1.29, 1.82) is 0 Å². The summed E-state index contributed by atoms with van der Waals surface area (Å²) in [7, 11) is 2.12. The van der Waals surface area contributed by atoms with E-state index in [4.69, 9.17) is 9.72 Å². The predicted molar refractivity (Wildman–Crippen MR) is 92.2 cm³/mol. The molecule has 0 amide bonds. The van der Waals surface area contributed by atoms with Crippen molar-refractivity contribution in [3.63, 3.8) is 0 Å². The molecule has 0 unspecified atom stereocenters. The van der Waals surface area contributed by atoms with Gasteiger partial charge < -0.3 is 4.74 Å².